The summed E-state index contributed by atoms with van der Waals surface area (Å²) in [4.78, 5) is 13.6. The van der Waals surface area contributed by atoms with Gasteiger partial charge in [0, 0.05) is 24.6 Å². The predicted octanol–water partition coefficient (Wildman–Crippen LogP) is 4.47. The van der Waals surface area contributed by atoms with E-state index in [4.69, 9.17) is 4.98 Å². The molecule has 0 atom stereocenters. The SMILES string of the molecule is CNc1cccc(Nc2nc(-c3cccs3)c3[nH]ccc3n2)c1. The van der Waals surface area contributed by atoms with Crippen LogP contribution in [0.25, 0.3) is 21.6 Å². The second kappa shape index (κ2) is 5.73. The van der Waals surface area contributed by atoms with Crippen LogP contribution < -0.4 is 10.6 Å². The van der Waals surface area contributed by atoms with Gasteiger partial charge in [-0.25, -0.2) is 9.97 Å². The van der Waals surface area contributed by atoms with E-state index in [1.165, 1.54) is 0 Å². The van der Waals surface area contributed by atoms with Crippen LogP contribution in [0.2, 0.25) is 0 Å². The van der Waals surface area contributed by atoms with Gasteiger partial charge >= 0.3 is 0 Å². The van der Waals surface area contributed by atoms with Crippen molar-refractivity contribution in [3.63, 3.8) is 0 Å². The van der Waals surface area contributed by atoms with Gasteiger partial charge in [-0.05, 0) is 35.7 Å². The van der Waals surface area contributed by atoms with E-state index in [0.29, 0.717) is 5.95 Å². The largest absolute Gasteiger partial charge is 0.388 e. The molecule has 0 aliphatic rings. The lowest BCUT2D eigenvalue weighted by atomic mass is 10.2. The van der Waals surface area contributed by atoms with Crippen molar-refractivity contribution in [2.75, 3.05) is 17.7 Å². The van der Waals surface area contributed by atoms with E-state index in [0.717, 1.165) is 33.0 Å². The number of hydrogen-bond acceptors (Lipinski definition) is 5. The number of aromatic amines is 1. The first-order chi connectivity index (χ1) is 11.3. The molecule has 0 fully saturated rings. The number of nitrogens with zero attached hydrogens (tertiary/aromatic N) is 2. The van der Waals surface area contributed by atoms with E-state index < -0.39 is 0 Å². The Hall–Kier alpha value is -2.86. The van der Waals surface area contributed by atoms with Crippen LogP contribution >= 0.6 is 11.3 Å². The highest BCUT2D eigenvalue weighted by atomic mass is 32.1. The Morgan fingerprint density at radius 3 is 2.78 bits per heavy atom. The van der Waals surface area contributed by atoms with Gasteiger partial charge in [0.25, 0.3) is 0 Å². The highest BCUT2D eigenvalue weighted by Crippen LogP contribution is 2.30. The predicted molar refractivity (Wildman–Crippen MR) is 96.5 cm³/mol. The van der Waals surface area contributed by atoms with E-state index in [9.17, 15) is 0 Å². The summed E-state index contributed by atoms with van der Waals surface area (Å²) in [6.07, 6.45) is 1.89. The van der Waals surface area contributed by atoms with E-state index in [1.807, 2.05) is 49.6 Å². The number of aromatic nitrogens is 3. The van der Waals surface area contributed by atoms with Crippen LogP contribution in [0.1, 0.15) is 0 Å². The molecular weight excluding hydrogens is 306 g/mol. The third-order valence-electron chi connectivity index (χ3n) is 3.57. The minimum atomic E-state index is 0.591. The molecule has 0 amide bonds. The fourth-order valence-electron chi connectivity index (χ4n) is 2.47. The molecule has 114 valence electrons. The molecule has 23 heavy (non-hydrogen) atoms. The molecule has 0 saturated carbocycles. The van der Waals surface area contributed by atoms with Crippen LogP contribution in [0.5, 0.6) is 0 Å². The summed E-state index contributed by atoms with van der Waals surface area (Å²) < 4.78 is 0. The molecule has 5 nitrogen and oxygen atoms in total. The first-order valence-corrected chi connectivity index (χ1v) is 8.15. The Bertz CT molecular complexity index is 943. The van der Waals surface area contributed by atoms with Crippen LogP contribution in [-0.2, 0) is 0 Å². The van der Waals surface area contributed by atoms with Gasteiger partial charge in [0.2, 0.25) is 5.95 Å². The van der Waals surface area contributed by atoms with Gasteiger partial charge in [-0.15, -0.1) is 11.3 Å². The summed E-state index contributed by atoms with van der Waals surface area (Å²) in [6, 6.07) is 14.1. The second-order valence-electron chi connectivity index (χ2n) is 5.07. The molecule has 0 unspecified atom stereocenters. The van der Waals surface area contributed by atoms with Crippen LogP contribution in [0.15, 0.2) is 54.0 Å². The maximum absolute atomic E-state index is 4.70. The van der Waals surface area contributed by atoms with Crippen molar-refractivity contribution in [2.45, 2.75) is 0 Å². The third-order valence-corrected chi connectivity index (χ3v) is 4.44. The van der Waals surface area contributed by atoms with Gasteiger partial charge < -0.3 is 15.6 Å². The Kier molecular flexibility index (Phi) is 3.44. The minimum Gasteiger partial charge on any atom is -0.388 e. The summed E-state index contributed by atoms with van der Waals surface area (Å²) in [7, 11) is 1.90. The van der Waals surface area contributed by atoms with Gasteiger partial charge in [-0.2, -0.15) is 0 Å². The highest BCUT2D eigenvalue weighted by molar-refractivity contribution is 7.13. The zero-order chi connectivity index (χ0) is 15.6. The fourth-order valence-corrected chi connectivity index (χ4v) is 3.19. The second-order valence-corrected chi connectivity index (χ2v) is 6.01. The van der Waals surface area contributed by atoms with E-state index in [-0.39, 0.29) is 0 Å². The lowest BCUT2D eigenvalue weighted by Gasteiger charge is -2.09. The van der Waals surface area contributed by atoms with Crippen molar-refractivity contribution in [1.82, 2.24) is 15.0 Å². The molecule has 0 radical (unpaired) electrons. The number of thiophene rings is 1. The molecule has 6 heteroatoms. The zero-order valence-corrected chi connectivity index (χ0v) is 13.3. The standard InChI is InChI=1S/C17H15N5S/c1-18-11-4-2-5-12(10-11)20-17-21-13-7-8-19-15(13)16(22-17)14-6-3-9-23-14/h2-10,18-19H,1H3,(H,20,21,22). The maximum atomic E-state index is 4.70. The lowest BCUT2D eigenvalue weighted by molar-refractivity contribution is 1.22. The number of H-pyrrole nitrogens is 1. The number of anilines is 3. The first kappa shape index (κ1) is 13.8. The zero-order valence-electron chi connectivity index (χ0n) is 12.5. The maximum Gasteiger partial charge on any atom is 0.228 e. The first-order valence-electron chi connectivity index (χ1n) is 7.27. The van der Waals surface area contributed by atoms with Crippen LogP contribution in [0, 0.1) is 0 Å². The van der Waals surface area contributed by atoms with Gasteiger partial charge in [0.05, 0.1) is 15.9 Å². The molecule has 3 N–H and O–H groups in total. The van der Waals surface area contributed by atoms with Crippen LogP contribution in [0.4, 0.5) is 17.3 Å². The van der Waals surface area contributed by atoms with E-state index in [1.54, 1.807) is 11.3 Å². The van der Waals surface area contributed by atoms with Crippen molar-refractivity contribution in [3.05, 3.63) is 54.0 Å². The Labute approximate surface area is 137 Å². The Morgan fingerprint density at radius 1 is 1.04 bits per heavy atom. The normalized spacial score (nSPS) is 10.8. The molecule has 0 spiro atoms. The van der Waals surface area contributed by atoms with Crippen molar-refractivity contribution < 1.29 is 0 Å². The van der Waals surface area contributed by atoms with E-state index >= 15 is 0 Å². The molecule has 0 aliphatic carbocycles. The molecule has 0 bridgehead atoms. The van der Waals surface area contributed by atoms with Crippen molar-refractivity contribution in [2.24, 2.45) is 0 Å². The monoisotopic (exact) mass is 321 g/mol. The van der Waals surface area contributed by atoms with Gasteiger partial charge in [-0.3, -0.25) is 0 Å². The summed E-state index contributed by atoms with van der Waals surface area (Å²) in [6.45, 7) is 0. The number of hydrogen-bond donors (Lipinski definition) is 3. The molecule has 3 heterocycles. The Morgan fingerprint density at radius 2 is 1.96 bits per heavy atom. The fraction of sp³-hybridized carbons (Fsp3) is 0.0588. The molecule has 1 aromatic carbocycles. The van der Waals surface area contributed by atoms with E-state index in [2.05, 4.69) is 32.0 Å². The summed E-state index contributed by atoms with van der Waals surface area (Å²) in [5, 5.41) is 8.47. The smallest absolute Gasteiger partial charge is 0.228 e. The number of nitrogens with one attached hydrogen (secondary N) is 3. The molecule has 3 aromatic heterocycles. The summed E-state index contributed by atoms with van der Waals surface area (Å²) >= 11 is 1.67. The summed E-state index contributed by atoms with van der Waals surface area (Å²) in [5.74, 6) is 0.591. The Balaban J connectivity index is 1.78. The average Bonchev–Trinajstić information content (AvgIpc) is 3.25. The average molecular weight is 321 g/mol. The van der Waals surface area contributed by atoms with Crippen molar-refractivity contribution >= 4 is 39.7 Å². The third kappa shape index (κ3) is 2.64. The van der Waals surface area contributed by atoms with Crippen molar-refractivity contribution in [3.8, 4) is 10.6 Å². The van der Waals surface area contributed by atoms with Crippen LogP contribution in [-0.4, -0.2) is 22.0 Å². The number of fused-ring (bicyclic) bond motifs is 1. The van der Waals surface area contributed by atoms with Gasteiger partial charge in [0.15, 0.2) is 0 Å². The molecular formula is C17H15N5S. The molecule has 0 saturated heterocycles. The molecule has 0 aliphatic heterocycles. The van der Waals surface area contributed by atoms with Gasteiger partial charge in [0.1, 0.15) is 5.69 Å². The molecule has 4 aromatic rings. The van der Waals surface area contributed by atoms with Crippen LogP contribution in [0.3, 0.4) is 0 Å². The van der Waals surface area contributed by atoms with Gasteiger partial charge in [-0.1, -0.05) is 12.1 Å². The highest BCUT2D eigenvalue weighted by Gasteiger charge is 2.11. The number of benzene rings is 1. The van der Waals surface area contributed by atoms with Crippen molar-refractivity contribution in [1.29, 1.82) is 0 Å². The topological polar surface area (TPSA) is 65.6 Å². The molecule has 4 rings (SSSR count). The lowest BCUT2D eigenvalue weighted by Crippen LogP contribution is -1.99. The quantitative estimate of drug-likeness (QED) is 0.519. The number of rotatable bonds is 4. The summed E-state index contributed by atoms with van der Waals surface area (Å²) in [5.41, 5.74) is 4.76. The minimum absolute atomic E-state index is 0.591.